The van der Waals surface area contributed by atoms with Crippen LogP contribution in [0, 0.1) is 0 Å². The molecule has 1 aromatic rings. The van der Waals surface area contributed by atoms with Gasteiger partial charge in [0.05, 0.1) is 5.02 Å². The molecule has 9 heteroatoms. The zero-order valence-corrected chi connectivity index (χ0v) is 14.2. The summed E-state index contributed by atoms with van der Waals surface area (Å²) in [7, 11) is -3.68. The van der Waals surface area contributed by atoms with Crippen LogP contribution >= 0.6 is 24.0 Å². The minimum absolute atomic E-state index is 0. The number of halogens is 2. The first-order valence-corrected chi connectivity index (χ1v) is 8.74. The molecule has 3 rings (SSSR count). The Kier molecular flexibility index (Phi) is 5.79. The van der Waals surface area contributed by atoms with Gasteiger partial charge < -0.3 is 14.8 Å². The maximum Gasteiger partial charge on any atom is 0.242 e. The van der Waals surface area contributed by atoms with Crippen molar-refractivity contribution in [2.24, 2.45) is 0 Å². The lowest BCUT2D eigenvalue weighted by Gasteiger charge is -2.24. The van der Waals surface area contributed by atoms with E-state index in [0.717, 1.165) is 19.4 Å². The van der Waals surface area contributed by atoms with Gasteiger partial charge in [-0.15, -0.1) is 12.4 Å². The van der Waals surface area contributed by atoms with Crippen LogP contribution in [0.3, 0.4) is 0 Å². The Balaban J connectivity index is 0.00000176. The van der Waals surface area contributed by atoms with Gasteiger partial charge in [-0.05, 0) is 19.4 Å². The van der Waals surface area contributed by atoms with E-state index in [2.05, 4.69) is 10.0 Å². The Hall–Kier alpha value is -0.730. The first kappa shape index (κ1) is 17.6. The zero-order chi connectivity index (χ0) is 14.9. The molecule has 0 aliphatic carbocycles. The lowest BCUT2D eigenvalue weighted by atomic mass is 10.1. The van der Waals surface area contributed by atoms with E-state index >= 15 is 0 Å². The van der Waals surface area contributed by atoms with Crippen molar-refractivity contribution in [3.05, 3.63) is 17.2 Å². The summed E-state index contributed by atoms with van der Waals surface area (Å²) in [6.07, 6.45) is 1.76. The number of ether oxygens (including phenoxy) is 2. The summed E-state index contributed by atoms with van der Waals surface area (Å²) in [6, 6.07) is 2.80. The molecule has 1 fully saturated rings. The molecule has 2 aliphatic rings. The van der Waals surface area contributed by atoms with Crippen LogP contribution in [0.25, 0.3) is 0 Å². The van der Waals surface area contributed by atoms with Gasteiger partial charge in [0.1, 0.15) is 18.1 Å². The number of fused-ring (bicyclic) bond motifs is 1. The molecule has 124 valence electrons. The molecular formula is C13H18Cl2N2O4S. The van der Waals surface area contributed by atoms with E-state index in [1.807, 2.05) is 0 Å². The molecule has 0 radical (unpaired) electrons. The van der Waals surface area contributed by atoms with Gasteiger partial charge in [-0.3, -0.25) is 0 Å². The molecule has 0 aromatic heterocycles. The third-order valence-corrected chi connectivity index (χ3v) is 5.49. The van der Waals surface area contributed by atoms with Crippen LogP contribution in [0.15, 0.2) is 17.0 Å². The first-order valence-electron chi connectivity index (χ1n) is 6.88. The Labute approximate surface area is 141 Å². The lowest BCUT2D eigenvalue weighted by Crippen LogP contribution is -2.45. The molecule has 1 aromatic carbocycles. The Morgan fingerprint density at radius 1 is 1.23 bits per heavy atom. The van der Waals surface area contributed by atoms with Gasteiger partial charge in [-0.25, -0.2) is 13.1 Å². The highest BCUT2D eigenvalue weighted by Crippen LogP contribution is 2.37. The summed E-state index contributed by atoms with van der Waals surface area (Å²) < 4.78 is 38.5. The number of nitrogens with one attached hydrogen (secondary N) is 2. The molecule has 2 aliphatic heterocycles. The molecule has 1 atom stereocenters. The summed E-state index contributed by atoms with van der Waals surface area (Å²) in [5.41, 5.74) is 0. The van der Waals surface area contributed by atoms with Crippen molar-refractivity contribution in [1.82, 2.24) is 10.0 Å². The summed E-state index contributed by atoms with van der Waals surface area (Å²) in [6.45, 7) is 2.37. The van der Waals surface area contributed by atoms with Crippen molar-refractivity contribution in [2.45, 2.75) is 23.8 Å². The zero-order valence-electron chi connectivity index (χ0n) is 11.8. The molecule has 2 heterocycles. The SMILES string of the molecule is Cl.O=S(=O)(NC1CCCNC1)c1cc2c(cc1Cl)OCCO2. The highest BCUT2D eigenvalue weighted by atomic mass is 35.5. The first-order chi connectivity index (χ1) is 10.1. The predicted octanol–water partition coefficient (Wildman–Crippen LogP) is 1.56. The molecule has 22 heavy (non-hydrogen) atoms. The van der Waals surface area contributed by atoms with Gasteiger partial charge in [0.2, 0.25) is 10.0 Å². The molecular weight excluding hydrogens is 351 g/mol. The fourth-order valence-corrected chi connectivity index (χ4v) is 4.29. The molecule has 6 nitrogen and oxygen atoms in total. The molecule has 0 bridgehead atoms. The van der Waals surface area contributed by atoms with Crippen LogP contribution < -0.4 is 19.5 Å². The minimum Gasteiger partial charge on any atom is -0.486 e. The summed E-state index contributed by atoms with van der Waals surface area (Å²) in [5.74, 6) is 0.886. The predicted molar refractivity (Wildman–Crippen MR) is 85.9 cm³/mol. The smallest absolute Gasteiger partial charge is 0.242 e. The van der Waals surface area contributed by atoms with Crippen molar-refractivity contribution in [2.75, 3.05) is 26.3 Å². The highest BCUT2D eigenvalue weighted by molar-refractivity contribution is 7.89. The monoisotopic (exact) mass is 368 g/mol. The summed E-state index contributed by atoms with van der Waals surface area (Å²) >= 11 is 6.09. The standard InChI is InChI=1S/C13H17ClN2O4S.ClH/c14-10-6-11-12(20-5-4-19-11)7-13(10)21(17,18)16-9-2-1-3-15-8-9;/h6-7,9,15-16H,1-5,8H2;1H. The number of piperidine rings is 1. The largest absolute Gasteiger partial charge is 0.486 e. The third-order valence-electron chi connectivity index (χ3n) is 3.50. The van der Waals surface area contributed by atoms with Gasteiger partial charge >= 0.3 is 0 Å². The molecule has 0 amide bonds. The van der Waals surface area contributed by atoms with Crippen LogP contribution in [-0.2, 0) is 10.0 Å². The van der Waals surface area contributed by atoms with Crippen molar-refractivity contribution in [3.63, 3.8) is 0 Å². The second-order valence-electron chi connectivity index (χ2n) is 5.09. The maximum atomic E-state index is 12.5. The molecule has 0 saturated carbocycles. The molecule has 2 N–H and O–H groups in total. The highest BCUT2D eigenvalue weighted by Gasteiger charge is 2.26. The quantitative estimate of drug-likeness (QED) is 0.846. The van der Waals surface area contributed by atoms with E-state index in [9.17, 15) is 8.42 Å². The van der Waals surface area contributed by atoms with E-state index in [-0.39, 0.29) is 28.4 Å². The second kappa shape index (κ2) is 7.23. The number of benzene rings is 1. The number of rotatable bonds is 3. The maximum absolute atomic E-state index is 12.5. The van der Waals surface area contributed by atoms with Gasteiger partial charge in [-0.2, -0.15) is 0 Å². The fraction of sp³-hybridized carbons (Fsp3) is 0.538. The van der Waals surface area contributed by atoms with Crippen molar-refractivity contribution < 1.29 is 17.9 Å². The van der Waals surface area contributed by atoms with E-state index in [1.165, 1.54) is 12.1 Å². The van der Waals surface area contributed by atoms with Crippen LogP contribution in [0.2, 0.25) is 5.02 Å². The normalized spacial score (nSPS) is 21.0. The lowest BCUT2D eigenvalue weighted by molar-refractivity contribution is 0.171. The van der Waals surface area contributed by atoms with Crippen molar-refractivity contribution in [1.29, 1.82) is 0 Å². The third kappa shape index (κ3) is 3.78. The van der Waals surface area contributed by atoms with Crippen LogP contribution in [-0.4, -0.2) is 40.8 Å². The number of hydrogen-bond donors (Lipinski definition) is 2. The summed E-state index contributed by atoms with van der Waals surface area (Å²) in [5, 5.41) is 3.30. The van der Waals surface area contributed by atoms with E-state index in [0.29, 0.717) is 31.3 Å². The molecule has 0 spiro atoms. The van der Waals surface area contributed by atoms with Crippen LogP contribution in [0.5, 0.6) is 11.5 Å². The van der Waals surface area contributed by atoms with Gasteiger partial charge in [0.25, 0.3) is 0 Å². The van der Waals surface area contributed by atoms with Crippen molar-refractivity contribution >= 4 is 34.0 Å². The number of sulfonamides is 1. The van der Waals surface area contributed by atoms with Crippen molar-refractivity contribution in [3.8, 4) is 11.5 Å². The van der Waals surface area contributed by atoms with Gasteiger partial charge in [0.15, 0.2) is 11.5 Å². The Morgan fingerprint density at radius 2 is 1.91 bits per heavy atom. The van der Waals surface area contributed by atoms with E-state index in [4.69, 9.17) is 21.1 Å². The minimum atomic E-state index is -3.68. The summed E-state index contributed by atoms with van der Waals surface area (Å²) in [4.78, 5) is 0.0268. The van der Waals surface area contributed by atoms with Crippen LogP contribution in [0.4, 0.5) is 0 Å². The molecule has 1 saturated heterocycles. The second-order valence-corrected chi connectivity index (χ2v) is 7.18. The average molecular weight is 369 g/mol. The van der Waals surface area contributed by atoms with Gasteiger partial charge in [-0.1, -0.05) is 11.6 Å². The Bertz CT molecular complexity index is 633. The van der Waals surface area contributed by atoms with Gasteiger partial charge in [0, 0.05) is 24.7 Å². The Morgan fingerprint density at radius 3 is 2.55 bits per heavy atom. The topological polar surface area (TPSA) is 76.7 Å². The number of hydrogen-bond acceptors (Lipinski definition) is 5. The average Bonchev–Trinajstić information content (AvgIpc) is 2.47. The van der Waals surface area contributed by atoms with E-state index < -0.39 is 10.0 Å². The van der Waals surface area contributed by atoms with E-state index in [1.54, 1.807) is 0 Å². The molecule has 1 unspecified atom stereocenters. The fourth-order valence-electron chi connectivity index (χ4n) is 2.49. The van der Waals surface area contributed by atoms with Crippen LogP contribution in [0.1, 0.15) is 12.8 Å².